The highest BCUT2D eigenvalue weighted by Gasteiger charge is 2.10. The smallest absolute Gasteiger partial charge is 0.177 e. The summed E-state index contributed by atoms with van der Waals surface area (Å²) in [5.74, 6) is 1.19. The fraction of sp³-hybridized carbons (Fsp3) is 0.150. The van der Waals surface area contributed by atoms with Gasteiger partial charge in [0.1, 0.15) is 11.5 Å². The van der Waals surface area contributed by atoms with E-state index in [1.165, 1.54) is 10.7 Å². The Morgan fingerprint density at radius 1 is 1.24 bits per heavy atom. The van der Waals surface area contributed by atoms with E-state index in [1.807, 2.05) is 31.0 Å². The maximum Gasteiger partial charge on any atom is 0.177 e. The van der Waals surface area contributed by atoms with E-state index >= 15 is 0 Å². The van der Waals surface area contributed by atoms with Crippen LogP contribution >= 0.6 is 0 Å². The number of nitrogens with one attached hydrogen (secondary N) is 2. The summed E-state index contributed by atoms with van der Waals surface area (Å²) < 4.78 is 1.41. The van der Waals surface area contributed by atoms with Crippen molar-refractivity contribution in [1.29, 1.82) is 0 Å². The molecule has 0 atom stereocenters. The SMILES string of the molecule is CNc1cc(N/C(C=O)=C/C=C\N(C)c2cc(C)ccn2)nn2c(C=O)cnc12. The third-order valence-corrected chi connectivity index (χ3v) is 4.13. The monoisotopic (exact) mass is 391 g/mol. The van der Waals surface area contributed by atoms with Crippen molar-refractivity contribution in [1.82, 2.24) is 19.6 Å². The molecule has 3 rings (SSSR count). The number of imidazole rings is 1. The van der Waals surface area contributed by atoms with Gasteiger partial charge in [-0.2, -0.15) is 0 Å². The Kier molecular flexibility index (Phi) is 5.98. The third kappa shape index (κ3) is 4.46. The predicted molar refractivity (Wildman–Crippen MR) is 112 cm³/mol. The standard InChI is InChI=1S/C20H21N7O2/c1-14-6-7-22-19(9-14)26(3)8-4-5-15(12-28)24-18-10-17(21-2)20-23-11-16(13-29)27(20)25-18/h4-13,21H,1-3H3,(H,24,25)/b8-4-,15-5+. The molecule has 29 heavy (non-hydrogen) atoms. The lowest BCUT2D eigenvalue weighted by Gasteiger charge is -2.12. The molecule has 3 aromatic rings. The van der Waals surface area contributed by atoms with E-state index in [9.17, 15) is 9.59 Å². The summed E-state index contributed by atoms with van der Waals surface area (Å²) in [6, 6.07) is 5.59. The third-order valence-electron chi connectivity index (χ3n) is 4.13. The van der Waals surface area contributed by atoms with Crippen LogP contribution in [0.2, 0.25) is 0 Å². The zero-order valence-electron chi connectivity index (χ0n) is 16.3. The average molecular weight is 391 g/mol. The van der Waals surface area contributed by atoms with Crippen LogP contribution in [0, 0.1) is 6.92 Å². The van der Waals surface area contributed by atoms with Gasteiger partial charge in [0.15, 0.2) is 24.0 Å². The number of rotatable bonds is 8. The summed E-state index contributed by atoms with van der Waals surface area (Å²) in [5.41, 5.74) is 2.90. The van der Waals surface area contributed by atoms with Gasteiger partial charge in [0.25, 0.3) is 0 Å². The van der Waals surface area contributed by atoms with E-state index in [0.29, 0.717) is 41.1 Å². The first kappa shape index (κ1) is 19.7. The second-order valence-electron chi connectivity index (χ2n) is 6.24. The maximum absolute atomic E-state index is 11.5. The lowest BCUT2D eigenvalue weighted by molar-refractivity contribution is -0.104. The van der Waals surface area contributed by atoms with Gasteiger partial charge in [-0.05, 0) is 36.8 Å². The molecule has 0 bridgehead atoms. The minimum Gasteiger partial charge on any atom is -0.385 e. The fourth-order valence-corrected chi connectivity index (χ4v) is 2.63. The van der Waals surface area contributed by atoms with Crippen LogP contribution in [0.15, 0.2) is 54.6 Å². The number of carbonyl (C=O) groups excluding carboxylic acids is 2. The molecule has 0 saturated heterocycles. The summed E-state index contributed by atoms with van der Waals surface area (Å²) in [7, 11) is 3.61. The summed E-state index contributed by atoms with van der Waals surface area (Å²) in [5, 5.41) is 10.3. The van der Waals surface area contributed by atoms with Gasteiger partial charge in [0.2, 0.25) is 0 Å². The molecule has 0 aliphatic carbocycles. The van der Waals surface area contributed by atoms with Gasteiger partial charge in [-0.3, -0.25) is 9.59 Å². The molecule has 3 heterocycles. The van der Waals surface area contributed by atoms with Crippen LogP contribution in [0.3, 0.4) is 0 Å². The van der Waals surface area contributed by atoms with Crippen LogP contribution < -0.4 is 15.5 Å². The Balaban J connectivity index is 1.82. The zero-order chi connectivity index (χ0) is 20.8. The highest BCUT2D eigenvalue weighted by atomic mass is 16.1. The van der Waals surface area contributed by atoms with Crippen LogP contribution in [-0.4, -0.2) is 46.2 Å². The Morgan fingerprint density at radius 2 is 2.07 bits per heavy atom. The Bertz CT molecular complexity index is 1100. The number of carbonyl (C=O) groups is 2. The molecule has 0 saturated carbocycles. The van der Waals surface area contributed by atoms with Crippen LogP contribution in [0.25, 0.3) is 5.65 Å². The van der Waals surface area contributed by atoms with Crippen LogP contribution in [0.4, 0.5) is 17.3 Å². The van der Waals surface area contributed by atoms with Crippen LogP contribution in [0.1, 0.15) is 16.1 Å². The Morgan fingerprint density at radius 3 is 2.76 bits per heavy atom. The molecule has 9 nitrogen and oxygen atoms in total. The predicted octanol–water partition coefficient (Wildman–Crippen LogP) is 2.43. The lowest BCUT2D eigenvalue weighted by atomic mass is 10.3. The van der Waals surface area contributed by atoms with E-state index < -0.39 is 0 Å². The quantitative estimate of drug-likeness (QED) is 0.343. The van der Waals surface area contributed by atoms with Gasteiger partial charge >= 0.3 is 0 Å². The lowest BCUT2D eigenvalue weighted by Crippen LogP contribution is -2.10. The minimum absolute atomic E-state index is 0.300. The summed E-state index contributed by atoms with van der Waals surface area (Å²) in [6.07, 6.45) is 9.69. The van der Waals surface area contributed by atoms with Crippen molar-refractivity contribution in [3.05, 3.63) is 65.9 Å². The summed E-state index contributed by atoms with van der Waals surface area (Å²) in [6.45, 7) is 2.00. The van der Waals surface area contributed by atoms with Gasteiger partial charge in [-0.25, -0.2) is 14.5 Å². The first-order valence-corrected chi connectivity index (χ1v) is 8.83. The minimum atomic E-state index is 0.300. The number of anilines is 3. The molecule has 0 spiro atoms. The molecular weight excluding hydrogens is 370 g/mol. The average Bonchev–Trinajstić information content (AvgIpc) is 3.15. The van der Waals surface area contributed by atoms with E-state index in [1.54, 1.807) is 37.7 Å². The largest absolute Gasteiger partial charge is 0.385 e. The summed E-state index contributed by atoms with van der Waals surface area (Å²) in [4.78, 5) is 33.0. The molecule has 2 N–H and O–H groups in total. The number of aldehydes is 2. The summed E-state index contributed by atoms with van der Waals surface area (Å²) >= 11 is 0. The molecule has 0 aromatic carbocycles. The molecule has 0 aliphatic heterocycles. The molecule has 9 heteroatoms. The van der Waals surface area contributed by atoms with Crippen LogP contribution in [0.5, 0.6) is 0 Å². The van der Waals surface area contributed by atoms with Gasteiger partial charge < -0.3 is 15.5 Å². The van der Waals surface area contributed by atoms with Crippen molar-refractivity contribution in [2.75, 3.05) is 29.6 Å². The normalized spacial score (nSPS) is 11.6. The molecule has 0 radical (unpaired) electrons. The number of aromatic nitrogens is 4. The molecular formula is C20H21N7O2. The van der Waals surface area contributed by atoms with E-state index in [-0.39, 0.29) is 0 Å². The van der Waals surface area contributed by atoms with Crippen LogP contribution in [-0.2, 0) is 4.79 Å². The maximum atomic E-state index is 11.5. The zero-order valence-corrected chi connectivity index (χ0v) is 16.3. The Labute approximate surface area is 167 Å². The van der Waals surface area contributed by atoms with E-state index in [2.05, 4.69) is 25.7 Å². The van der Waals surface area contributed by atoms with Crippen molar-refractivity contribution in [2.24, 2.45) is 0 Å². The number of hydrogen-bond donors (Lipinski definition) is 2. The fourth-order valence-electron chi connectivity index (χ4n) is 2.63. The highest BCUT2D eigenvalue weighted by Crippen LogP contribution is 2.20. The van der Waals surface area contributed by atoms with E-state index in [4.69, 9.17) is 0 Å². The van der Waals surface area contributed by atoms with Crippen molar-refractivity contribution in [3.8, 4) is 0 Å². The topological polar surface area (TPSA) is 105 Å². The first-order chi connectivity index (χ1) is 14.0. The highest BCUT2D eigenvalue weighted by molar-refractivity contribution is 5.81. The van der Waals surface area contributed by atoms with Crippen molar-refractivity contribution in [3.63, 3.8) is 0 Å². The van der Waals surface area contributed by atoms with Gasteiger partial charge in [0.05, 0.1) is 17.6 Å². The first-order valence-electron chi connectivity index (χ1n) is 8.83. The second-order valence-corrected chi connectivity index (χ2v) is 6.24. The number of fused-ring (bicyclic) bond motifs is 1. The molecule has 0 aliphatic rings. The number of aryl methyl sites for hydroxylation is 1. The van der Waals surface area contributed by atoms with Gasteiger partial charge in [-0.15, -0.1) is 5.10 Å². The Hall–Kier alpha value is -4.01. The van der Waals surface area contributed by atoms with Crippen molar-refractivity contribution < 1.29 is 9.59 Å². The van der Waals surface area contributed by atoms with Crippen molar-refractivity contribution >= 4 is 35.5 Å². The molecule has 0 unspecified atom stereocenters. The van der Waals surface area contributed by atoms with Gasteiger partial charge in [-0.1, -0.05) is 0 Å². The molecule has 3 aromatic heterocycles. The number of pyridine rings is 1. The number of hydrogen-bond acceptors (Lipinski definition) is 8. The van der Waals surface area contributed by atoms with E-state index in [0.717, 1.165) is 11.4 Å². The number of allylic oxidation sites excluding steroid dienone is 3. The molecule has 0 fully saturated rings. The van der Waals surface area contributed by atoms with Crippen molar-refractivity contribution in [2.45, 2.75) is 6.92 Å². The molecule has 0 amide bonds. The van der Waals surface area contributed by atoms with Gasteiger partial charge in [0, 0.05) is 32.6 Å². The number of nitrogens with zero attached hydrogens (tertiary/aromatic N) is 5. The second kappa shape index (κ2) is 8.79. The molecule has 148 valence electrons.